The molecule has 1 heterocycles. The molecule has 1 atom stereocenters. The van der Waals surface area contributed by atoms with Crippen LogP contribution in [0.5, 0.6) is 0 Å². The normalized spacial score (nSPS) is 14.9. The van der Waals surface area contributed by atoms with E-state index in [4.69, 9.17) is 11.6 Å². The highest BCUT2D eigenvalue weighted by molar-refractivity contribution is 7.93. The van der Waals surface area contributed by atoms with E-state index < -0.39 is 16.1 Å². The Labute approximate surface area is 220 Å². The lowest BCUT2D eigenvalue weighted by atomic mass is 10.1. The smallest absolute Gasteiger partial charge is 0.265 e. The van der Waals surface area contributed by atoms with Gasteiger partial charge in [0, 0.05) is 18.0 Å². The molecule has 0 spiro atoms. The van der Waals surface area contributed by atoms with Gasteiger partial charge in [0.05, 0.1) is 10.6 Å². The molecule has 4 aromatic carbocycles. The van der Waals surface area contributed by atoms with Crippen LogP contribution in [-0.4, -0.2) is 26.9 Å². The quantitative estimate of drug-likeness (QED) is 0.334. The van der Waals surface area contributed by atoms with E-state index >= 15 is 0 Å². The van der Waals surface area contributed by atoms with Crippen LogP contribution in [0, 0.1) is 5.82 Å². The van der Waals surface area contributed by atoms with Crippen LogP contribution in [0.15, 0.2) is 102 Å². The van der Waals surface area contributed by atoms with E-state index in [-0.39, 0.29) is 23.0 Å². The summed E-state index contributed by atoms with van der Waals surface area (Å²) in [6.07, 6.45) is 0.885. The minimum Gasteiger partial charge on any atom is -0.354 e. The van der Waals surface area contributed by atoms with Crippen LogP contribution in [-0.2, 0) is 27.7 Å². The molecule has 5 rings (SSSR count). The SMILES string of the molecule is O=C(NCCc1ccc(Cl)cc1)[C@@H]1Cc2ccccc2N1S(=O)(=O)c1ccc(-c2ccc(F)cc2)cc1. The maximum atomic E-state index is 13.8. The van der Waals surface area contributed by atoms with Crippen molar-refractivity contribution >= 4 is 33.2 Å². The first-order valence-electron chi connectivity index (χ1n) is 11.8. The van der Waals surface area contributed by atoms with Gasteiger partial charge in [-0.15, -0.1) is 0 Å². The largest absolute Gasteiger partial charge is 0.354 e. The van der Waals surface area contributed by atoms with Gasteiger partial charge < -0.3 is 5.32 Å². The van der Waals surface area contributed by atoms with Crippen molar-refractivity contribution in [1.29, 1.82) is 0 Å². The number of fused-ring (bicyclic) bond motifs is 1. The molecule has 0 radical (unpaired) electrons. The van der Waals surface area contributed by atoms with E-state index in [1.165, 1.54) is 28.6 Å². The first-order valence-corrected chi connectivity index (χ1v) is 13.7. The minimum atomic E-state index is -4.04. The number of hydrogen-bond donors (Lipinski definition) is 1. The number of nitrogens with zero attached hydrogens (tertiary/aromatic N) is 1. The van der Waals surface area contributed by atoms with Gasteiger partial charge in [0.15, 0.2) is 0 Å². The zero-order valence-corrected chi connectivity index (χ0v) is 21.3. The summed E-state index contributed by atoms with van der Waals surface area (Å²) in [6.45, 7) is 0.369. The van der Waals surface area contributed by atoms with Crippen molar-refractivity contribution in [3.8, 4) is 11.1 Å². The van der Waals surface area contributed by atoms with Crippen molar-refractivity contribution in [3.05, 3.63) is 119 Å². The molecule has 4 aromatic rings. The molecule has 5 nitrogen and oxygen atoms in total. The van der Waals surface area contributed by atoms with Gasteiger partial charge in [-0.25, -0.2) is 12.8 Å². The number of para-hydroxylation sites is 1. The molecule has 37 heavy (non-hydrogen) atoms. The Morgan fingerprint density at radius 3 is 2.19 bits per heavy atom. The molecule has 0 unspecified atom stereocenters. The topological polar surface area (TPSA) is 66.5 Å². The van der Waals surface area contributed by atoms with E-state index in [1.807, 2.05) is 24.3 Å². The number of hydrogen-bond acceptors (Lipinski definition) is 3. The summed E-state index contributed by atoms with van der Waals surface area (Å²) >= 11 is 5.94. The number of rotatable bonds is 7. The molecule has 1 aliphatic heterocycles. The maximum absolute atomic E-state index is 13.8. The van der Waals surface area contributed by atoms with Gasteiger partial charge in [0.25, 0.3) is 10.0 Å². The van der Waals surface area contributed by atoms with Crippen LogP contribution in [0.25, 0.3) is 11.1 Å². The van der Waals surface area contributed by atoms with E-state index in [0.29, 0.717) is 23.7 Å². The number of halogens is 2. The summed E-state index contributed by atoms with van der Waals surface area (Å²) < 4.78 is 42.1. The molecular weight excluding hydrogens is 511 g/mol. The lowest BCUT2D eigenvalue weighted by Crippen LogP contribution is -2.48. The van der Waals surface area contributed by atoms with Crippen LogP contribution in [0.2, 0.25) is 5.02 Å². The van der Waals surface area contributed by atoms with Crippen LogP contribution in [0.1, 0.15) is 11.1 Å². The molecule has 0 aliphatic carbocycles. The summed E-state index contributed by atoms with van der Waals surface area (Å²) in [5.74, 6) is -0.690. The number of benzene rings is 4. The van der Waals surface area contributed by atoms with E-state index in [1.54, 1.807) is 48.5 Å². The number of sulfonamides is 1. The monoisotopic (exact) mass is 534 g/mol. The predicted octanol–water partition coefficient (Wildman–Crippen LogP) is 5.63. The molecule has 0 aromatic heterocycles. The first-order chi connectivity index (χ1) is 17.8. The fourth-order valence-electron chi connectivity index (χ4n) is 4.53. The van der Waals surface area contributed by atoms with Gasteiger partial charge in [0.2, 0.25) is 5.91 Å². The molecular formula is C29H24ClFN2O3S. The van der Waals surface area contributed by atoms with Gasteiger partial charge in [-0.2, -0.15) is 0 Å². The predicted molar refractivity (Wildman–Crippen MR) is 144 cm³/mol. The van der Waals surface area contributed by atoms with Crippen molar-refractivity contribution in [2.75, 3.05) is 10.8 Å². The third-order valence-electron chi connectivity index (χ3n) is 6.44. The fraction of sp³-hybridized carbons (Fsp3) is 0.138. The highest BCUT2D eigenvalue weighted by Gasteiger charge is 2.42. The Morgan fingerprint density at radius 1 is 0.892 bits per heavy atom. The number of nitrogens with one attached hydrogen (secondary N) is 1. The van der Waals surface area contributed by atoms with E-state index in [2.05, 4.69) is 5.32 Å². The number of amides is 1. The summed E-state index contributed by atoms with van der Waals surface area (Å²) in [5.41, 5.74) is 3.85. The lowest BCUT2D eigenvalue weighted by molar-refractivity contribution is -0.122. The van der Waals surface area contributed by atoms with Crippen molar-refractivity contribution < 1.29 is 17.6 Å². The second-order valence-corrected chi connectivity index (χ2v) is 11.1. The Kier molecular flexibility index (Phi) is 7.00. The third-order valence-corrected chi connectivity index (χ3v) is 8.53. The highest BCUT2D eigenvalue weighted by Crippen LogP contribution is 2.37. The summed E-state index contributed by atoms with van der Waals surface area (Å²) in [6, 6.07) is 26.0. The Bertz CT molecular complexity index is 1520. The zero-order chi connectivity index (χ0) is 26.0. The standard InChI is InChI=1S/C29H24ClFN2O3S/c30-24-11-5-20(6-12-24)17-18-32-29(34)28-19-23-3-1-2-4-27(23)33(28)37(35,36)26-15-9-22(10-16-26)21-7-13-25(31)14-8-21/h1-16,28H,17-19H2,(H,32,34)/t28-/m0/s1. The van der Waals surface area contributed by atoms with Crippen LogP contribution >= 0.6 is 11.6 Å². The van der Waals surface area contributed by atoms with Crippen molar-refractivity contribution in [2.24, 2.45) is 0 Å². The fourth-order valence-corrected chi connectivity index (χ4v) is 6.30. The number of carbonyl (C=O) groups excluding carboxylic acids is 1. The molecule has 0 fully saturated rings. The summed E-state index contributed by atoms with van der Waals surface area (Å²) in [4.78, 5) is 13.3. The van der Waals surface area contributed by atoms with Crippen LogP contribution in [0.4, 0.5) is 10.1 Å². The van der Waals surface area contributed by atoms with Crippen molar-refractivity contribution in [2.45, 2.75) is 23.8 Å². The Morgan fingerprint density at radius 2 is 1.51 bits per heavy atom. The van der Waals surface area contributed by atoms with Gasteiger partial charge in [-0.05, 0) is 71.1 Å². The molecule has 8 heteroatoms. The van der Waals surface area contributed by atoms with Gasteiger partial charge in [0.1, 0.15) is 11.9 Å². The molecule has 188 valence electrons. The Hall–Kier alpha value is -3.68. The number of anilines is 1. The van der Waals surface area contributed by atoms with Crippen LogP contribution in [0.3, 0.4) is 0 Å². The average Bonchev–Trinajstić information content (AvgIpc) is 3.31. The maximum Gasteiger partial charge on any atom is 0.265 e. The van der Waals surface area contributed by atoms with E-state index in [0.717, 1.165) is 22.3 Å². The van der Waals surface area contributed by atoms with Gasteiger partial charge in [-0.3, -0.25) is 9.10 Å². The van der Waals surface area contributed by atoms with Crippen LogP contribution < -0.4 is 9.62 Å². The van der Waals surface area contributed by atoms with E-state index in [9.17, 15) is 17.6 Å². The molecule has 0 saturated heterocycles. The molecule has 0 bridgehead atoms. The highest BCUT2D eigenvalue weighted by atomic mass is 35.5. The average molecular weight is 535 g/mol. The summed E-state index contributed by atoms with van der Waals surface area (Å²) in [5, 5.41) is 3.54. The zero-order valence-electron chi connectivity index (χ0n) is 19.8. The molecule has 1 aliphatic rings. The second-order valence-electron chi connectivity index (χ2n) is 8.85. The number of carbonyl (C=O) groups is 1. The summed E-state index contributed by atoms with van der Waals surface area (Å²) in [7, 11) is -4.04. The molecule has 1 amide bonds. The van der Waals surface area contributed by atoms with Crippen molar-refractivity contribution in [1.82, 2.24) is 5.32 Å². The lowest BCUT2D eigenvalue weighted by Gasteiger charge is -2.26. The first kappa shape index (κ1) is 25.0. The second kappa shape index (κ2) is 10.4. The third kappa shape index (κ3) is 5.24. The molecule has 1 N–H and O–H groups in total. The molecule has 0 saturated carbocycles. The van der Waals surface area contributed by atoms with Crippen molar-refractivity contribution in [3.63, 3.8) is 0 Å². The Balaban J connectivity index is 1.38. The minimum absolute atomic E-state index is 0.0778. The van der Waals surface area contributed by atoms with Gasteiger partial charge >= 0.3 is 0 Å². The van der Waals surface area contributed by atoms with Gasteiger partial charge in [-0.1, -0.05) is 66.2 Å².